The lowest BCUT2D eigenvalue weighted by molar-refractivity contribution is -0.117. The molecule has 1 heterocycles. The minimum Gasteiger partial charge on any atom is -0.320 e. The SMILES string of the molecule is CSCC[C@H](N)C(=O)Nc1nc(-c2ccccc2Cl)cs1. The summed E-state index contributed by atoms with van der Waals surface area (Å²) in [4.78, 5) is 16.3. The number of thioether (sulfide) groups is 1. The molecule has 0 aliphatic carbocycles. The molecular weight excluding hydrogens is 326 g/mol. The van der Waals surface area contributed by atoms with Crippen LogP contribution in [0.5, 0.6) is 0 Å². The minimum absolute atomic E-state index is 0.205. The Balaban J connectivity index is 2.04. The predicted octanol–water partition coefficient (Wildman–Crippen LogP) is 3.48. The Labute approximate surface area is 137 Å². The van der Waals surface area contributed by atoms with E-state index in [1.54, 1.807) is 11.8 Å². The zero-order chi connectivity index (χ0) is 15.2. The smallest absolute Gasteiger partial charge is 0.243 e. The second-order valence-electron chi connectivity index (χ2n) is 4.39. The number of anilines is 1. The van der Waals surface area contributed by atoms with Crippen molar-refractivity contribution in [3.63, 3.8) is 0 Å². The highest BCUT2D eigenvalue weighted by molar-refractivity contribution is 7.98. The number of thiazole rings is 1. The van der Waals surface area contributed by atoms with E-state index < -0.39 is 6.04 Å². The quantitative estimate of drug-likeness (QED) is 0.844. The minimum atomic E-state index is -0.509. The number of nitrogens with one attached hydrogen (secondary N) is 1. The van der Waals surface area contributed by atoms with E-state index in [0.29, 0.717) is 16.6 Å². The summed E-state index contributed by atoms with van der Waals surface area (Å²) in [6.45, 7) is 0. The van der Waals surface area contributed by atoms with Crippen molar-refractivity contribution in [3.8, 4) is 11.3 Å². The summed E-state index contributed by atoms with van der Waals surface area (Å²) in [5, 5.41) is 5.79. The molecule has 0 bridgehead atoms. The van der Waals surface area contributed by atoms with Crippen molar-refractivity contribution in [3.05, 3.63) is 34.7 Å². The molecule has 2 rings (SSSR count). The third-order valence-electron chi connectivity index (χ3n) is 2.85. The van der Waals surface area contributed by atoms with Gasteiger partial charge in [0.1, 0.15) is 0 Å². The standard InChI is InChI=1S/C14H16ClN3OS2/c1-20-7-6-11(16)13(19)18-14-17-12(8-21-14)9-4-2-3-5-10(9)15/h2-5,8,11H,6-7,16H2,1H3,(H,17,18,19)/t11-/m0/s1. The number of carbonyl (C=O) groups excluding carboxylic acids is 1. The number of halogens is 1. The summed E-state index contributed by atoms with van der Waals surface area (Å²) in [5.41, 5.74) is 7.42. The van der Waals surface area contributed by atoms with Crippen molar-refractivity contribution >= 4 is 45.7 Å². The molecule has 1 aromatic heterocycles. The van der Waals surface area contributed by atoms with Crippen LogP contribution in [0.1, 0.15) is 6.42 Å². The van der Waals surface area contributed by atoms with Crippen LogP contribution in [-0.4, -0.2) is 28.9 Å². The number of hydrogen-bond acceptors (Lipinski definition) is 5. The van der Waals surface area contributed by atoms with Gasteiger partial charge in [0.25, 0.3) is 0 Å². The first kappa shape index (κ1) is 16.3. The molecular formula is C14H16ClN3OS2. The third kappa shape index (κ3) is 4.44. The average molecular weight is 342 g/mol. The molecule has 1 amide bonds. The van der Waals surface area contributed by atoms with Crippen LogP contribution in [0.3, 0.4) is 0 Å². The number of amides is 1. The van der Waals surface area contributed by atoms with Crippen molar-refractivity contribution in [2.45, 2.75) is 12.5 Å². The van der Waals surface area contributed by atoms with Crippen LogP contribution in [0.15, 0.2) is 29.6 Å². The molecule has 0 unspecified atom stereocenters. The summed E-state index contributed by atoms with van der Waals surface area (Å²) < 4.78 is 0. The molecule has 1 atom stereocenters. The van der Waals surface area contributed by atoms with Crippen LogP contribution in [-0.2, 0) is 4.79 Å². The molecule has 0 spiro atoms. The third-order valence-corrected chi connectivity index (χ3v) is 4.59. The van der Waals surface area contributed by atoms with E-state index in [9.17, 15) is 4.79 Å². The monoisotopic (exact) mass is 341 g/mol. The Kier molecular flexibility index (Phi) is 6.05. The van der Waals surface area contributed by atoms with Crippen LogP contribution in [0.25, 0.3) is 11.3 Å². The normalized spacial score (nSPS) is 12.1. The number of carbonyl (C=O) groups is 1. The maximum atomic E-state index is 11.9. The van der Waals surface area contributed by atoms with Gasteiger partial charge in [-0.1, -0.05) is 29.8 Å². The van der Waals surface area contributed by atoms with Gasteiger partial charge in [-0.2, -0.15) is 11.8 Å². The molecule has 0 fully saturated rings. The van der Waals surface area contributed by atoms with E-state index in [4.69, 9.17) is 17.3 Å². The number of nitrogens with two attached hydrogens (primary N) is 1. The molecule has 2 aromatic rings. The van der Waals surface area contributed by atoms with Crippen molar-refractivity contribution in [1.82, 2.24) is 4.98 Å². The van der Waals surface area contributed by atoms with E-state index in [0.717, 1.165) is 17.0 Å². The van der Waals surface area contributed by atoms with E-state index in [1.807, 2.05) is 35.9 Å². The number of hydrogen-bond donors (Lipinski definition) is 2. The van der Waals surface area contributed by atoms with E-state index in [2.05, 4.69) is 10.3 Å². The van der Waals surface area contributed by atoms with E-state index in [1.165, 1.54) is 11.3 Å². The van der Waals surface area contributed by atoms with Crippen molar-refractivity contribution in [2.24, 2.45) is 5.73 Å². The summed E-state index contributed by atoms with van der Waals surface area (Å²) >= 11 is 9.17. The molecule has 3 N–H and O–H groups in total. The lowest BCUT2D eigenvalue weighted by Gasteiger charge is -2.09. The van der Waals surface area contributed by atoms with Gasteiger partial charge in [0.15, 0.2) is 5.13 Å². The highest BCUT2D eigenvalue weighted by atomic mass is 35.5. The van der Waals surface area contributed by atoms with Gasteiger partial charge in [0.05, 0.1) is 11.7 Å². The van der Waals surface area contributed by atoms with E-state index in [-0.39, 0.29) is 5.91 Å². The molecule has 0 aliphatic rings. The Bertz CT molecular complexity index is 618. The molecule has 0 aliphatic heterocycles. The molecule has 112 valence electrons. The van der Waals surface area contributed by atoms with Crippen molar-refractivity contribution in [2.75, 3.05) is 17.3 Å². The number of benzene rings is 1. The Hall–Kier alpha value is -1.08. The fourth-order valence-electron chi connectivity index (χ4n) is 1.70. The molecule has 21 heavy (non-hydrogen) atoms. The number of aromatic nitrogens is 1. The maximum absolute atomic E-state index is 11.9. The second-order valence-corrected chi connectivity index (χ2v) is 6.65. The topological polar surface area (TPSA) is 68.0 Å². The molecule has 0 radical (unpaired) electrons. The van der Waals surface area contributed by atoms with Gasteiger partial charge in [0, 0.05) is 16.0 Å². The van der Waals surface area contributed by atoms with Crippen molar-refractivity contribution < 1.29 is 4.79 Å². The molecule has 7 heteroatoms. The number of rotatable bonds is 6. The van der Waals surface area contributed by atoms with Gasteiger partial charge in [-0.25, -0.2) is 4.98 Å². The molecule has 0 saturated carbocycles. The van der Waals surface area contributed by atoms with Crippen molar-refractivity contribution in [1.29, 1.82) is 0 Å². The van der Waals surface area contributed by atoms with Gasteiger partial charge >= 0.3 is 0 Å². The Morgan fingerprint density at radius 1 is 1.52 bits per heavy atom. The van der Waals surface area contributed by atoms with Gasteiger partial charge in [0.2, 0.25) is 5.91 Å². The van der Waals surface area contributed by atoms with E-state index >= 15 is 0 Å². The second kappa shape index (κ2) is 7.79. The highest BCUT2D eigenvalue weighted by Gasteiger charge is 2.15. The van der Waals surface area contributed by atoms with Crippen LogP contribution in [0.2, 0.25) is 5.02 Å². The molecule has 0 saturated heterocycles. The predicted molar refractivity (Wildman–Crippen MR) is 92.2 cm³/mol. The first-order valence-electron chi connectivity index (χ1n) is 6.37. The molecule has 1 aromatic carbocycles. The highest BCUT2D eigenvalue weighted by Crippen LogP contribution is 2.30. The summed E-state index contributed by atoms with van der Waals surface area (Å²) in [7, 11) is 0. The summed E-state index contributed by atoms with van der Waals surface area (Å²) in [6.07, 6.45) is 2.64. The average Bonchev–Trinajstić information content (AvgIpc) is 2.93. The maximum Gasteiger partial charge on any atom is 0.243 e. The summed E-state index contributed by atoms with van der Waals surface area (Å²) in [5.74, 6) is 0.654. The van der Waals surface area contributed by atoms with Gasteiger partial charge in [-0.05, 0) is 24.5 Å². The lowest BCUT2D eigenvalue weighted by atomic mass is 10.2. The van der Waals surface area contributed by atoms with Gasteiger partial charge in [-0.3, -0.25) is 4.79 Å². The van der Waals surface area contributed by atoms with Crippen LogP contribution >= 0.6 is 34.7 Å². The fraction of sp³-hybridized carbons (Fsp3) is 0.286. The first-order chi connectivity index (χ1) is 10.1. The fourth-order valence-corrected chi connectivity index (χ4v) is 3.13. The van der Waals surface area contributed by atoms with Crippen LogP contribution in [0, 0.1) is 0 Å². The number of nitrogens with zero attached hydrogens (tertiary/aromatic N) is 1. The Morgan fingerprint density at radius 2 is 2.29 bits per heavy atom. The lowest BCUT2D eigenvalue weighted by Crippen LogP contribution is -2.36. The van der Waals surface area contributed by atoms with Crippen LogP contribution in [0.4, 0.5) is 5.13 Å². The Morgan fingerprint density at radius 3 is 3.00 bits per heavy atom. The molecule has 4 nitrogen and oxygen atoms in total. The van der Waals surface area contributed by atoms with Gasteiger partial charge < -0.3 is 11.1 Å². The first-order valence-corrected chi connectivity index (χ1v) is 9.02. The zero-order valence-corrected chi connectivity index (χ0v) is 13.9. The zero-order valence-electron chi connectivity index (χ0n) is 11.5. The van der Waals surface area contributed by atoms with Gasteiger partial charge in [-0.15, -0.1) is 11.3 Å². The summed E-state index contributed by atoms with van der Waals surface area (Å²) in [6, 6.07) is 6.97. The van der Waals surface area contributed by atoms with Crippen LogP contribution < -0.4 is 11.1 Å². The largest absolute Gasteiger partial charge is 0.320 e.